The van der Waals surface area contributed by atoms with Crippen molar-refractivity contribution in [2.24, 2.45) is 11.8 Å². The van der Waals surface area contributed by atoms with Crippen LogP contribution in [0, 0.1) is 32.6 Å². The van der Waals surface area contributed by atoms with Gasteiger partial charge >= 0.3 is 0 Å². The van der Waals surface area contributed by atoms with Gasteiger partial charge < -0.3 is 5.11 Å². The smallest absolute Gasteiger partial charge is 0.0922 e. The van der Waals surface area contributed by atoms with E-state index >= 15 is 0 Å². The first kappa shape index (κ1) is 14.5. The molecule has 1 aliphatic heterocycles. The highest BCUT2D eigenvalue weighted by atomic mass is 16.3. The fourth-order valence-corrected chi connectivity index (χ4v) is 3.45. The predicted octanol–water partition coefficient (Wildman–Crippen LogP) is 3.23. The highest BCUT2D eigenvalue weighted by Crippen LogP contribution is 2.28. The number of nitrogens with zero attached hydrogens (tertiary/aromatic N) is 1. The third kappa shape index (κ3) is 3.18. The summed E-state index contributed by atoms with van der Waals surface area (Å²) in [5.74, 6) is 1.49. The van der Waals surface area contributed by atoms with Gasteiger partial charge in [-0.1, -0.05) is 31.5 Å². The van der Waals surface area contributed by atoms with Crippen LogP contribution in [0.2, 0.25) is 0 Å². The van der Waals surface area contributed by atoms with E-state index in [9.17, 15) is 5.11 Å². The minimum atomic E-state index is -0.363. The molecule has 0 saturated carbocycles. The van der Waals surface area contributed by atoms with Crippen molar-refractivity contribution in [2.45, 2.75) is 40.7 Å². The molecule has 1 aliphatic rings. The van der Waals surface area contributed by atoms with Crippen LogP contribution in [-0.2, 0) is 0 Å². The summed E-state index contributed by atoms with van der Waals surface area (Å²) in [6, 6.07) is 4.33. The maximum atomic E-state index is 10.6. The number of rotatable bonds is 3. The Kier molecular flexibility index (Phi) is 4.32. The number of hydrogen-bond acceptors (Lipinski definition) is 2. The second-order valence-corrected chi connectivity index (χ2v) is 6.50. The monoisotopic (exact) mass is 261 g/mol. The number of likely N-dealkylation sites (tertiary alicyclic amines) is 1. The first-order chi connectivity index (χ1) is 8.88. The number of benzene rings is 1. The SMILES string of the molecule is Cc1cc(C)c(C(O)CN2CC(C)C(C)C2)c(C)c1. The van der Waals surface area contributed by atoms with Crippen molar-refractivity contribution < 1.29 is 5.11 Å². The molecule has 3 unspecified atom stereocenters. The molecule has 3 atom stereocenters. The van der Waals surface area contributed by atoms with Crippen LogP contribution in [0.3, 0.4) is 0 Å². The van der Waals surface area contributed by atoms with E-state index in [1.807, 2.05) is 0 Å². The molecule has 1 aromatic rings. The highest BCUT2D eigenvalue weighted by molar-refractivity contribution is 5.39. The van der Waals surface area contributed by atoms with Crippen LogP contribution in [0.1, 0.15) is 42.2 Å². The van der Waals surface area contributed by atoms with Gasteiger partial charge in [0.25, 0.3) is 0 Å². The predicted molar refractivity (Wildman–Crippen MR) is 80.4 cm³/mol. The normalized spacial score (nSPS) is 25.8. The summed E-state index contributed by atoms with van der Waals surface area (Å²) in [6.45, 7) is 13.9. The molecule has 1 saturated heterocycles. The summed E-state index contributed by atoms with van der Waals surface area (Å²) < 4.78 is 0. The van der Waals surface area contributed by atoms with Gasteiger partial charge in [0, 0.05) is 19.6 Å². The zero-order chi connectivity index (χ0) is 14.2. The second-order valence-electron chi connectivity index (χ2n) is 6.50. The van der Waals surface area contributed by atoms with Crippen molar-refractivity contribution in [1.29, 1.82) is 0 Å². The Hall–Kier alpha value is -0.860. The summed E-state index contributed by atoms with van der Waals surface area (Å²) in [4.78, 5) is 2.40. The summed E-state index contributed by atoms with van der Waals surface area (Å²) in [6.07, 6.45) is -0.363. The Balaban J connectivity index is 2.10. The van der Waals surface area contributed by atoms with Crippen LogP contribution in [0.4, 0.5) is 0 Å². The molecule has 1 N–H and O–H groups in total. The van der Waals surface area contributed by atoms with Crippen molar-refractivity contribution >= 4 is 0 Å². The molecule has 0 aliphatic carbocycles. The Morgan fingerprint density at radius 1 is 1.11 bits per heavy atom. The van der Waals surface area contributed by atoms with Crippen LogP contribution in [0.25, 0.3) is 0 Å². The zero-order valence-electron chi connectivity index (χ0n) is 12.9. The lowest BCUT2D eigenvalue weighted by Gasteiger charge is -2.23. The molecule has 0 spiro atoms. The topological polar surface area (TPSA) is 23.5 Å². The maximum absolute atomic E-state index is 10.6. The van der Waals surface area contributed by atoms with Gasteiger partial charge in [-0.15, -0.1) is 0 Å². The number of aliphatic hydroxyl groups is 1. The van der Waals surface area contributed by atoms with Crippen molar-refractivity contribution in [3.63, 3.8) is 0 Å². The van der Waals surface area contributed by atoms with Gasteiger partial charge in [-0.05, 0) is 49.3 Å². The fourth-order valence-electron chi connectivity index (χ4n) is 3.45. The lowest BCUT2D eigenvalue weighted by molar-refractivity contribution is 0.122. The third-order valence-corrected chi connectivity index (χ3v) is 4.57. The summed E-state index contributed by atoms with van der Waals surface area (Å²) >= 11 is 0. The van der Waals surface area contributed by atoms with E-state index in [0.29, 0.717) is 0 Å². The first-order valence-corrected chi connectivity index (χ1v) is 7.36. The molecule has 1 fully saturated rings. The van der Waals surface area contributed by atoms with E-state index in [2.05, 4.69) is 51.7 Å². The van der Waals surface area contributed by atoms with Crippen molar-refractivity contribution in [2.75, 3.05) is 19.6 Å². The average Bonchev–Trinajstić information content (AvgIpc) is 2.55. The minimum absolute atomic E-state index is 0.363. The van der Waals surface area contributed by atoms with Gasteiger partial charge in [-0.3, -0.25) is 4.90 Å². The second kappa shape index (κ2) is 5.64. The molecule has 0 bridgehead atoms. The maximum Gasteiger partial charge on any atom is 0.0922 e. The lowest BCUT2D eigenvalue weighted by Crippen LogP contribution is -2.27. The van der Waals surface area contributed by atoms with Crippen LogP contribution in [-0.4, -0.2) is 29.6 Å². The summed E-state index contributed by atoms with van der Waals surface area (Å²) in [5, 5.41) is 10.6. The molecular formula is C17H27NO. The van der Waals surface area contributed by atoms with Crippen molar-refractivity contribution in [3.05, 3.63) is 34.4 Å². The Morgan fingerprint density at radius 2 is 1.58 bits per heavy atom. The van der Waals surface area contributed by atoms with Gasteiger partial charge in [0.05, 0.1) is 6.10 Å². The van der Waals surface area contributed by atoms with Crippen LogP contribution >= 0.6 is 0 Å². The van der Waals surface area contributed by atoms with E-state index in [0.717, 1.165) is 37.0 Å². The van der Waals surface area contributed by atoms with Gasteiger partial charge in [0.15, 0.2) is 0 Å². The Bertz CT molecular complexity index is 422. The Labute approximate surface area is 117 Å². The Morgan fingerprint density at radius 3 is 2.05 bits per heavy atom. The van der Waals surface area contributed by atoms with Gasteiger partial charge in [-0.25, -0.2) is 0 Å². The van der Waals surface area contributed by atoms with Gasteiger partial charge in [-0.2, -0.15) is 0 Å². The van der Waals surface area contributed by atoms with Gasteiger partial charge in [0.1, 0.15) is 0 Å². The van der Waals surface area contributed by atoms with Crippen LogP contribution < -0.4 is 0 Å². The molecule has 19 heavy (non-hydrogen) atoms. The van der Waals surface area contributed by atoms with Gasteiger partial charge in [0.2, 0.25) is 0 Å². The van der Waals surface area contributed by atoms with E-state index in [1.54, 1.807) is 0 Å². The molecule has 0 aromatic heterocycles. The molecule has 0 radical (unpaired) electrons. The van der Waals surface area contributed by atoms with Crippen molar-refractivity contribution in [1.82, 2.24) is 4.90 Å². The fraction of sp³-hybridized carbons (Fsp3) is 0.647. The third-order valence-electron chi connectivity index (χ3n) is 4.57. The van der Waals surface area contributed by atoms with Crippen molar-refractivity contribution in [3.8, 4) is 0 Å². The number of aliphatic hydroxyl groups excluding tert-OH is 1. The van der Waals surface area contributed by atoms with E-state index in [-0.39, 0.29) is 6.10 Å². The molecule has 1 heterocycles. The molecule has 0 amide bonds. The largest absolute Gasteiger partial charge is 0.387 e. The van der Waals surface area contributed by atoms with Crippen LogP contribution in [0.15, 0.2) is 12.1 Å². The standard InChI is InChI=1S/C17H27NO/c1-11-6-12(2)17(13(3)7-11)16(19)10-18-8-14(4)15(5)9-18/h6-7,14-16,19H,8-10H2,1-5H3. The highest BCUT2D eigenvalue weighted by Gasteiger charge is 2.28. The summed E-state index contributed by atoms with van der Waals surface area (Å²) in [5.41, 5.74) is 4.82. The molecule has 2 heteroatoms. The van der Waals surface area contributed by atoms with E-state index < -0.39 is 0 Å². The molecule has 2 rings (SSSR count). The van der Waals surface area contributed by atoms with Crippen LogP contribution in [0.5, 0.6) is 0 Å². The quantitative estimate of drug-likeness (QED) is 0.903. The average molecular weight is 261 g/mol. The minimum Gasteiger partial charge on any atom is -0.387 e. The zero-order valence-corrected chi connectivity index (χ0v) is 12.9. The molecule has 2 nitrogen and oxygen atoms in total. The number of aryl methyl sites for hydroxylation is 3. The molecule has 106 valence electrons. The molecular weight excluding hydrogens is 234 g/mol. The number of hydrogen-bond donors (Lipinski definition) is 1. The van der Waals surface area contributed by atoms with E-state index in [1.165, 1.54) is 16.7 Å². The number of β-amino-alcohol motifs (C(OH)–C–C–N with tert-alkyl or cyclic N) is 1. The van der Waals surface area contributed by atoms with E-state index in [4.69, 9.17) is 0 Å². The summed E-state index contributed by atoms with van der Waals surface area (Å²) in [7, 11) is 0. The molecule has 1 aromatic carbocycles. The lowest BCUT2D eigenvalue weighted by atomic mass is 9.95. The first-order valence-electron chi connectivity index (χ1n) is 7.36.